The van der Waals surface area contributed by atoms with E-state index in [1.807, 2.05) is 0 Å². The third kappa shape index (κ3) is 9.30. The Hall–Kier alpha value is -6.01. The Morgan fingerprint density at radius 3 is 1.20 bits per heavy atom. The van der Waals surface area contributed by atoms with Crippen molar-refractivity contribution < 1.29 is 51.1 Å². The maximum absolute atomic E-state index is 12.9. The summed E-state index contributed by atoms with van der Waals surface area (Å²) in [4.78, 5) is 78.3. The van der Waals surface area contributed by atoms with Gasteiger partial charge in [-0.25, -0.2) is 29.5 Å². The van der Waals surface area contributed by atoms with Crippen molar-refractivity contribution in [2.24, 2.45) is 0 Å². The van der Waals surface area contributed by atoms with Gasteiger partial charge in [0.2, 0.25) is 23.6 Å². The molecule has 4 atom stereocenters. The highest BCUT2D eigenvalue weighted by Gasteiger charge is 2.26. The number of rotatable bonds is 12. The lowest BCUT2D eigenvalue weighted by atomic mass is 10.2. The highest BCUT2D eigenvalue weighted by atomic mass is 16.6. The van der Waals surface area contributed by atoms with Crippen LogP contribution in [-0.4, -0.2) is 62.4 Å². The van der Waals surface area contributed by atoms with E-state index in [9.17, 15) is 24.0 Å². The molecule has 0 bridgehead atoms. The molecular formula is C30H36N8O11. The van der Waals surface area contributed by atoms with Gasteiger partial charge in [-0.2, -0.15) is 0 Å². The number of amides is 4. The minimum absolute atomic E-state index is 0.0298. The summed E-state index contributed by atoms with van der Waals surface area (Å²) in [6, 6.07) is -2.96. The molecule has 0 spiro atoms. The molecule has 4 heterocycles. The number of carbonyl (C=O) groups is 5. The molecule has 4 amide bonds. The number of hydrogen-bond donors (Lipinski definition) is 4. The Bertz CT molecular complexity index is 1810. The van der Waals surface area contributed by atoms with Crippen LogP contribution in [0.2, 0.25) is 0 Å². The van der Waals surface area contributed by atoms with Crippen molar-refractivity contribution in [1.29, 1.82) is 0 Å². The van der Waals surface area contributed by atoms with E-state index in [4.69, 9.17) is 22.4 Å². The molecule has 19 nitrogen and oxygen atoms in total. The van der Waals surface area contributed by atoms with Gasteiger partial charge in [-0.15, -0.1) is 0 Å². The van der Waals surface area contributed by atoms with Gasteiger partial charge >= 0.3 is 12.1 Å². The Labute approximate surface area is 278 Å². The SMILES string of the molecule is COC(=O)c1coc(C(C)NC(=O)c2coc(C(C)NC(=O)c3coc(C(C)NC(=O)c4coc(C(C)NC(=O)OC(C)(C)C)n4)n3)n2)n1. The molecule has 0 fully saturated rings. The summed E-state index contributed by atoms with van der Waals surface area (Å²) in [5.41, 5.74) is -0.972. The van der Waals surface area contributed by atoms with E-state index in [2.05, 4.69) is 45.9 Å². The molecule has 0 aliphatic carbocycles. The second-order valence-corrected chi connectivity index (χ2v) is 11.7. The number of aromatic nitrogens is 4. The van der Waals surface area contributed by atoms with Gasteiger partial charge in [0.25, 0.3) is 17.7 Å². The van der Waals surface area contributed by atoms with E-state index in [-0.39, 0.29) is 46.3 Å². The zero-order valence-electron chi connectivity index (χ0n) is 27.9. The second-order valence-electron chi connectivity index (χ2n) is 11.7. The summed E-state index contributed by atoms with van der Waals surface area (Å²) in [7, 11) is 1.20. The molecule has 4 unspecified atom stereocenters. The Morgan fingerprint density at radius 2 is 0.878 bits per heavy atom. The third-order valence-electron chi connectivity index (χ3n) is 6.44. The van der Waals surface area contributed by atoms with Crippen LogP contribution in [0.3, 0.4) is 0 Å². The first-order chi connectivity index (χ1) is 23.0. The van der Waals surface area contributed by atoms with Crippen LogP contribution >= 0.6 is 0 Å². The number of nitrogens with one attached hydrogen (secondary N) is 4. The lowest BCUT2D eigenvalue weighted by Crippen LogP contribution is -2.34. The van der Waals surface area contributed by atoms with Crippen molar-refractivity contribution in [3.63, 3.8) is 0 Å². The minimum Gasteiger partial charge on any atom is -0.464 e. The summed E-state index contributed by atoms with van der Waals surface area (Å²) in [6.07, 6.45) is 3.81. The fraction of sp³-hybridized carbons (Fsp3) is 0.433. The van der Waals surface area contributed by atoms with Gasteiger partial charge in [0.1, 0.15) is 54.8 Å². The van der Waals surface area contributed by atoms with Crippen LogP contribution in [-0.2, 0) is 9.47 Å². The van der Waals surface area contributed by atoms with E-state index < -0.39 is 59.6 Å². The fourth-order valence-corrected chi connectivity index (χ4v) is 4.00. The number of alkyl carbamates (subject to hydrolysis) is 1. The van der Waals surface area contributed by atoms with E-state index in [1.165, 1.54) is 7.11 Å². The molecule has 0 aromatic carbocycles. The van der Waals surface area contributed by atoms with Crippen molar-refractivity contribution in [1.82, 2.24) is 41.2 Å². The van der Waals surface area contributed by atoms with Crippen molar-refractivity contribution in [3.8, 4) is 0 Å². The minimum atomic E-state index is -0.785. The van der Waals surface area contributed by atoms with Crippen molar-refractivity contribution in [2.45, 2.75) is 78.2 Å². The van der Waals surface area contributed by atoms with Crippen LogP contribution in [0.25, 0.3) is 0 Å². The summed E-state index contributed by atoms with van der Waals surface area (Å²) >= 11 is 0. The first-order valence-electron chi connectivity index (χ1n) is 14.9. The smallest absolute Gasteiger partial charge is 0.408 e. The number of oxazole rings is 4. The first-order valence-corrected chi connectivity index (χ1v) is 14.9. The molecule has 0 aliphatic rings. The molecule has 4 aromatic heterocycles. The Morgan fingerprint density at radius 1 is 0.571 bits per heavy atom. The Balaban J connectivity index is 1.28. The van der Waals surface area contributed by atoms with Gasteiger partial charge in [0.15, 0.2) is 22.8 Å². The molecule has 0 saturated carbocycles. The quantitative estimate of drug-likeness (QED) is 0.156. The molecule has 0 aliphatic heterocycles. The van der Waals surface area contributed by atoms with Crippen molar-refractivity contribution >= 4 is 29.8 Å². The number of ether oxygens (including phenoxy) is 2. The summed E-state index contributed by atoms with van der Waals surface area (Å²) in [6.45, 7) is 11.5. The Kier molecular flexibility index (Phi) is 10.8. The molecule has 49 heavy (non-hydrogen) atoms. The van der Waals surface area contributed by atoms with Gasteiger partial charge in [-0.3, -0.25) is 14.4 Å². The van der Waals surface area contributed by atoms with E-state index in [0.29, 0.717) is 0 Å². The number of methoxy groups -OCH3 is 1. The van der Waals surface area contributed by atoms with Crippen LogP contribution < -0.4 is 21.3 Å². The van der Waals surface area contributed by atoms with Gasteiger partial charge in [-0.1, -0.05) is 0 Å². The highest BCUT2D eigenvalue weighted by molar-refractivity contribution is 5.93. The van der Waals surface area contributed by atoms with E-state index >= 15 is 0 Å². The predicted octanol–water partition coefficient (Wildman–Crippen LogP) is 3.48. The standard InChI is InChI=1S/C30H36N8O11/c1-13(24-36-18(10-46-24)22(40)33-15(3)26-38-20(12-48-26)28(42)44-8)31-21(39)17-9-45-25(35-17)14(2)32-23(41)19-11-47-27(37-19)16(4)34-29(43)49-30(5,6)7/h9-16H,1-8H3,(H,31,39)(H,32,41)(H,33,40)(H,34,43). The third-order valence-corrected chi connectivity index (χ3v) is 6.44. The number of carbonyl (C=O) groups excluding carboxylic acids is 5. The molecule has 4 aromatic rings. The maximum Gasteiger partial charge on any atom is 0.408 e. The van der Waals surface area contributed by atoms with Crippen LogP contribution in [0.4, 0.5) is 4.79 Å². The predicted molar refractivity (Wildman–Crippen MR) is 163 cm³/mol. The van der Waals surface area contributed by atoms with Crippen molar-refractivity contribution in [3.05, 3.63) is 71.4 Å². The largest absolute Gasteiger partial charge is 0.464 e. The molecule has 4 N–H and O–H groups in total. The fourth-order valence-electron chi connectivity index (χ4n) is 4.00. The summed E-state index contributed by atoms with van der Waals surface area (Å²) in [5, 5.41) is 10.5. The van der Waals surface area contributed by atoms with Crippen LogP contribution in [0.15, 0.2) is 42.7 Å². The molecule has 19 heteroatoms. The van der Waals surface area contributed by atoms with Crippen LogP contribution in [0.5, 0.6) is 0 Å². The monoisotopic (exact) mass is 684 g/mol. The van der Waals surface area contributed by atoms with Crippen LogP contribution in [0, 0.1) is 0 Å². The van der Waals surface area contributed by atoms with E-state index in [0.717, 1.165) is 25.1 Å². The van der Waals surface area contributed by atoms with Gasteiger partial charge in [0.05, 0.1) is 7.11 Å². The first kappa shape index (κ1) is 35.8. The lowest BCUT2D eigenvalue weighted by molar-refractivity contribution is 0.0499. The average Bonchev–Trinajstić information content (AvgIpc) is 3.85. The lowest BCUT2D eigenvalue weighted by Gasteiger charge is -2.20. The number of nitrogens with zero attached hydrogens (tertiary/aromatic N) is 4. The van der Waals surface area contributed by atoms with Gasteiger partial charge in [0, 0.05) is 0 Å². The molecule has 0 radical (unpaired) electrons. The second kappa shape index (κ2) is 14.8. The molecule has 262 valence electrons. The number of hydrogen-bond acceptors (Lipinski definition) is 15. The molecular weight excluding hydrogens is 648 g/mol. The zero-order valence-corrected chi connectivity index (χ0v) is 27.9. The average molecular weight is 685 g/mol. The highest BCUT2D eigenvalue weighted by Crippen LogP contribution is 2.19. The maximum atomic E-state index is 12.9. The van der Waals surface area contributed by atoms with Gasteiger partial charge in [-0.05, 0) is 48.5 Å². The normalized spacial score (nSPS) is 13.8. The van der Waals surface area contributed by atoms with Crippen molar-refractivity contribution in [2.75, 3.05) is 7.11 Å². The molecule has 0 saturated heterocycles. The van der Waals surface area contributed by atoms with Crippen LogP contribution in [0.1, 0.15) is 138 Å². The topological polar surface area (TPSA) is 256 Å². The number of esters is 1. The summed E-state index contributed by atoms with van der Waals surface area (Å²) < 4.78 is 31.2. The zero-order chi connectivity index (χ0) is 36.0. The molecule has 4 rings (SSSR count). The van der Waals surface area contributed by atoms with Gasteiger partial charge < -0.3 is 48.4 Å². The summed E-state index contributed by atoms with van der Waals surface area (Å²) in [5.74, 6) is -2.34. The van der Waals surface area contributed by atoms with E-state index in [1.54, 1.807) is 48.5 Å².